The van der Waals surface area contributed by atoms with Crippen molar-refractivity contribution in [3.8, 4) is 5.75 Å². The zero-order valence-corrected chi connectivity index (χ0v) is 12.7. The second kappa shape index (κ2) is 9.36. The fourth-order valence-electron chi connectivity index (χ4n) is 1.53. The summed E-state index contributed by atoms with van der Waals surface area (Å²) in [6, 6.07) is 7.94. The summed E-state index contributed by atoms with van der Waals surface area (Å²) in [7, 11) is 1.72. The van der Waals surface area contributed by atoms with Crippen LogP contribution in [-0.4, -0.2) is 33.4 Å². The van der Waals surface area contributed by atoms with Gasteiger partial charge in [-0.3, -0.25) is 0 Å². The molecule has 1 unspecified atom stereocenters. The number of hydrogen-bond donors (Lipinski definition) is 1. The van der Waals surface area contributed by atoms with Gasteiger partial charge in [-0.1, -0.05) is 22.9 Å². The Labute approximate surface area is 118 Å². The van der Waals surface area contributed by atoms with Gasteiger partial charge < -0.3 is 14.8 Å². The van der Waals surface area contributed by atoms with Gasteiger partial charge in [-0.15, -0.1) is 0 Å². The summed E-state index contributed by atoms with van der Waals surface area (Å²) in [6.45, 7) is 5.67. The van der Waals surface area contributed by atoms with Gasteiger partial charge in [-0.25, -0.2) is 0 Å². The summed E-state index contributed by atoms with van der Waals surface area (Å²) in [6.07, 6.45) is 1.05. The van der Waals surface area contributed by atoms with Gasteiger partial charge in [0.25, 0.3) is 0 Å². The van der Waals surface area contributed by atoms with Crippen LogP contribution in [0.15, 0.2) is 28.7 Å². The van der Waals surface area contributed by atoms with Crippen LogP contribution >= 0.6 is 15.9 Å². The van der Waals surface area contributed by atoms with Gasteiger partial charge in [0.15, 0.2) is 0 Å². The molecular formula is C14H22BrNO2. The van der Waals surface area contributed by atoms with Crippen molar-refractivity contribution in [2.24, 2.45) is 5.92 Å². The van der Waals surface area contributed by atoms with Crippen molar-refractivity contribution in [1.29, 1.82) is 0 Å². The molecule has 0 saturated carbocycles. The van der Waals surface area contributed by atoms with E-state index in [1.165, 1.54) is 0 Å². The number of benzene rings is 1. The minimum Gasteiger partial charge on any atom is -0.494 e. The fraction of sp³-hybridized carbons (Fsp3) is 0.571. The van der Waals surface area contributed by atoms with Crippen LogP contribution in [0.1, 0.15) is 13.3 Å². The number of ether oxygens (including phenoxy) is 2. The highest BCUT2D eigenvalue weighted by Crippen LogP contribution is 2.16. The van der Waals surface area contributed by atoms with Crippen molar-refractivity contribution in [3.63, 3.8) is 0 Å². The van der Waals surface area contributed by atoms with Crippen LogP contribution in [0, 0.1) is 5.92 Å². The molecule has 3 nitrogen and oxygen atoms in total. The molecule has 0 aliphatic rings. The minimum atomic E-state index is 0.609. The second-order valence-corrected chi connectivity index (χ2v) is 5.31. The number of halogens is 1. The molecule has 0 amide bonds. The highest BCUT2D eigenvalue weighted by atomic mass is 79.9. The van der Waals surface area contributed by atoms with E-state index in [9.17, 15) is 0 Å². The molecule has 4 heteroatoms. The SMILES string of the molecule is COCCNCC(C)CCOc1ccc(Br)cc1. The van der Waals surface area contributed by atoms with E-state index in [-0.39, 0.29) is 0 Å². The lowest BCUT2D eigenvalue weighted by atomic mass is 10.1. The normalized spacial score (nSPS) is 12.4. The Balaban J connectivity index is 2.07. The molecule has 0 saturated heterocycles. The largest absolute Gasteiger partial charge is 0.494 e. The van der Waals surface area contributed by atoms with Gasteiger partial charge in [-0.2, -0.15) is 0 Å². The maximum atomic E-state index is 5.69. The highest BCUT2D eigenvalue weighted by Gasteiger charge is 2.02. The highest BCUT2D eigenvalue weighted by molar-refractivity contribution is 9.10. The summed E-state index contributed by atoms with van der Waals surface area (Å²) in [5, 5.41) is 3.36. The molecule has 0 aliphatic heterocycles. The topological polar surface area (TPSA) is 30.5 Å². The molecule has 1 N–H and O–H groups in total. The van der Waals surface area contributed by atoms with E-state index < -0.39 is 0 Å². The summed E-state index contributed by atoms with van der Waals surface area (Å²) in [4.78, 5) is 0. The number of hydrogen-bond acceptors (Lipinski definition) is 3. The van der Waals surface area contributed by atoms with Crippen molar-refractivity contribution in [2.75, 3.05) is 33.4 Å². The molecule has 1 rings (SSSR count). The van der Waals surface area contributed by atoms with Crippen LogP contribution < -0.4 is 10.1 Å². The lowest BCUT2D eigenvalue weighted by molar-refractivity contribution is 0.197. The molecular weight excluding hydrogens is 294 g/mol. The number of methoxy groups -OCH3 is 1. The van der Waals surface area contributed by atoms with Crippen molar-refractivity contribution in [2.45, 2.75) is 13.3 Å². The minimum absolute atomic E-state index is 0.609. The monoisotopic (exact) mass is 315 g/mol. The molecule has 0 heterocycles. The first kappa shape index (κ1) is 15.5. The van der Waals surface area contributed by atoms with Crippen molar-refractivity contribution < 1.29 is 9.47 Å². The third-order valence-electron chi connectivity index (χ3n) is 2.67. The average molecular weight is 316 g/mol. The van der Waals surface area contributed by atoms with E-state index in [0.717, 1.165) is 42.9 Å². The van der Waals surface area contributed by atoms with E-state index in [0.29, 0.717) is 5.92 Å². The first-order valence-electron chi connectivity index (χ1n) is 6.30. The molecule has 1 atom stereocenters. The Bertz CT molecular complexity index is 316. The van der Waals surface area contributed by atoms with Crippen LogP contribution in [0.5, 0.6) is 5.75 Å². The van der Waals surface area contributed by atoms with Gasteiger partial charge in [0.1, 0.15) is 5.75 Å². The van der Waals surface area contributed by atoms with E-state index >= 15 is 0 Å². The zero-order valence-electron chi connectivity index (χ0n) is 11.1. The predicted molar refractivity (Wildman–Crippen MR) is 78.2 cm³/mol. The summed E-state index contributed by atoms with van der Waals surface area (Å²) in [5.74, 6) is 1.54. The molecule has 0 aliphatic carbocycles. The van der Waals surface area contributed by atoms with Crippen LogP contribution in [0.4, 0.5) is 0 Å². The molecule has 1 aromatic rings. The van der Waals surface area contributed by atoms with E-state index in [4.69, 9.17) is 9.47 Å². The van der Waals surface area contributed by atoms with Gasteiger partial charge in [0.2, 0.25) is 0 Å². The Kier molecular flexibility index (Phi) is 8.05. The van der Waals surface area contributed by atoms with E-state index in [1.807, 2.05) is 24.3 Å². The van der Waals surface area contributed by atoms with Crippen LogP contribution in [0.25, 0.3) is 0 Å². The Morgan fingerprint density at radius 1 is 1.22 bits per heavy atom. The molecule has 0 radical (unpaired) electrons. The lowest BCUT2D eigenvalue weighted by Crippen LogP contribution is -2.25. The smallest absolute Gasteiger partial charge is 0.119 e. The second-order valence-electron chi connectivity index (χ2n) is 4.39. The maximum absolute atomic E-state index is 5.69. The van der Waals surface area contributed by atoms with Gasteiger partial charge >= 0.3 is 0 Å². The average Bonchev–Trinajstić information content (AvgIpc) is 2.37. The van der Waals surface area contributed by atoms with E-state index in [1.54, 1.807) is 7.11 Å². The molecule has 0 bridgehead atoms. The van der Waals surface area contributed by atoms with Crippen molar-refractivity contribution in [1.82, 2.24) is 5.32 Å². The molecule has 1 aromatic carbocycles. The molecule has 0 aromatic heterocycles. The number of rotatable bonds is 9. The molecule has 102 valence electrons. The van der Waals surface area contributed by atoms with Gasteiger partial charge in [0, 0.05) is 18.1 Å². The summed E-state index contributed by atoms with van der Waals surface area (Å²) < 4.78 is 11.7. The third-order valence-corrected chi connectivity index (χ3v) is 3.20. The fourth-order valence-corrected chi connectivity index (χ4v) is 1.80. The Hall–Kier alpha value is -0.580. The third kappa shape index (κ3) is 6.99. The standard InChI is InChI=1S/C14H22BrNO2/c1-12(11-16-8-10-17-2)7-9-18-14-5-3-13(15)4-6-14/h3-6,12,16H,7-11H2,1-2H3. The Morgan fingerprint density at radius 3 is 2.61 bits per heavy atom. The molecule has 0 fully saturated rings. The summed E-state index contributed by atoms with van der Waals surface area (Å²) >= 11 is 3.40. The quantitative estimate of drug-likeness (QED) is 0.710. The lowest BCUT2D eigenvalue weighted by Gasteiger charge is -2.13. The zero-order chi connectivity index (χ0) is 13.2. The first-order chi connectivity index (χ1) is 8.72. The predicted octanol–water partition coefficient (Wildman–Crippen LogP) is 3.09. The first-order valence-corrected chi connectivity index (χ1v) is 7.09. The van der Waals surface area contributed by atoms with Crippen molar-refractivity contribution in [3.05, 3.63) is 28.7 Å². The van der Waals surface area contributed by atoms with Gasteiger partial charge in [0.05, 0.1) is 13.2 Å². The van der Waals surface area contributed by atoms with Gasteiger partial charge in [-0.05, 0) is 43.1 Å². The van der Waals surface area contributed by atoms with Crippen LogP contribution in [-0.2, 0) is 4.74 Å². The number of nitrogens with one attached hydrogen (secondary N) is 1. The Morgan fingerprint density at radius 2 is 1.94 bits per heavy atom. The maximum Gasteiger partial charge on any atom is 0.119 e. The van der Waals surface area contributed by atoms with Crippen molar-refractivity contribution >= 4 is 15.9 Å². The molecule has 0 spiro atoms. The van der Waals surface area contributed by atoms with Crippen LogP contribution in [0.2, 0.25) is 0 Å². The van der Waals surface area contributed by atoms with E-state index in [2.05, 4.69) is 28.2 Å². The van der Waals surface area contributed by atoms with Crippen LogP contribution in [0.3, 0.4) is 0 Å². The molecule has 18 heavy (non-hydrogen) atoms. The summed E-state index contributed by atoms with van der Waals surface area (Å²) in [5.41, 5.74) is 0.